The Kier molecular flexibility index (Phi) is 2.77. The number of terminal acetylenes is 1. The van der Waals surface area contributed by atoms with Crippen LogP contribution in [0.3, 0.4) is 0 Å². The van der Waals surface area contributed by atoms with E-state index in [4.69, 9.17) is 6.42 Å². The molecule has 0 aliphatic rings. The summed E-state index contributed by atoms with van der Waals surface area (Å²) in [5.74, 6) is 3.27. The van der Waals surface area contributed by atoms with Crippen molar-refractivity contribution in [3.05, 3.63) is 16.1 Å². The fraction of sp³-hybridized carbons (Fsp3) is 0.545. The lowest BCUT2D eigenvalue weighted by Crippen LogP contribution is -2.11. The predicted octanol–water partition coefficient (Wildman–Crippen LogP) is 3.18. The van der Waals surface area contributed by atoms with Crippen LogP contribution < -0.4 is 0 Å². The number of aromatic nitrogens is 1. The van der Waals surface area contributed by atoms with E-state index in [1.54, 1.807) is 11.3 Å². The summed E-state index contributed by atoms with van der Waals surface area (Å²) in [5, 5.41) is 1.17. The van der Waals surface area contributed by atoms with E-state index in [1.807, 2.05) is 20.0 Å². The van der Waals surface area contributed by atoms with Crippen LogP contribution in [-0.4, -0.2) is 4.98 Å². The maximum Gasteiger partial charge on any atom is 0.0953 e. The minimum Gasteiger partial charge on any atom is -0.249 e. The van der Waals surface area contributed by atoms with Crippen molar-refractivity contribution >= 4 is 11.3 Å². The van der Waals surface area contributed by atoms with E-state index < -0.39 is 0 Å². The van der Waals surface area contributed by atoms with E-state index in [0.29, 0.717) is 5.92 Å². The molecule has 0 N–H and O–H groups in total. The van der Waals surface area contributed by atoms with Crippen LogP contribution in [0.2, 0.25) is 0 Å². The molecule has 1 aromatic rings. The molecule has 0 spiro atoms. The summed E-state index contributed by atoms with van der Waals surface area (Å²) < 4.78 is 0. The molecule has 70 valence electrons. The molecule has 0 aromatic carbocycles. The van der Waals surface area contributed by atoms with E-state index in [9.17, 15) is 0 Å². The molecular weight excluding hydrogens is 178 g/mol. The Balaban J connectivity index is 3.00. The Morgan fingerprint density at radius 2 is 2.15 bits per heavy atom. The van der Waals surface area contributed by atoms with Crippen LogP contribution in [0.25, 0.3) is 0 Å². The molecule has 0 amide bonds. The Hall–Kier alpha value is -0.810. The first-order valence-corrected chi connectivity index (χ1v) is 5.23. The van der Waals surface area contributed by atoms with Gasteiger partial charge in [-0.3, -0.25) is 0 Å². The Morgan fingerprint density at radius 1 is 1.54 bits per heavy atom. The van der Waals surface area contributed by atoms with Gasteiger partial charge in [0.05, 0.1) is 10.4 Å². The zero-order valence-electron chi connectivity index (χ0n) is 8.59. The maximum absolute atomic E-state index is 5.45. The van der Waals surface area contributed by atoms with Crippen LogP contribution >= 0.6 is 11.3 Å². The number of hydrogen-bond donors (Lipinski definition) is 0. The predicted molar refractivity (Wildman–Crippen MR) is 58.1 cm³/mol. The van der Waals surface area contributed by atoms with Crippen LogP contribution in [0.4, 0.5) is 0 Å². The summed E-state index contributed by atoms with van der Waals surface area (Å²) in [6, 6.07) is 0. The molecule has 1 nitrogen and oxygen atoms in total. The number of thiazole rings is 1. The van der Waals surface area contributed by atoms with Gasteiger partial charge in [0.1, 0.15) is 0 Å². The molecule has 0 aliphatic carbocycles. The molecule has 0 atom stereocenters. The molecule has 0 saturated carbocycles. The van der Waals surface area contributed by atoms with Gasteiger partial charge in [0.2, 0.25) is 0 Å². The number of hydrogen-bond acceptors (Lipinski definition) is 2. The second kappa shape index (κ2) is 3.51. The second-order valence-corrected chi connectivity index (χ2v) is 5.05. The van der Waals surface area contributed by atoms with Crippen molar-refractivity contribution in [2.75, 3.05) is 0 Å². The Labute approximate surface area is 84.2 Å². The minimum absolute atomic E-state index is 0.176. The van der Waals surface area contributed by atoms with Crippen LogP contribution in [0.5, 0.6) is 0 Å². The lowest BCUT2D eigenvalue weighted by Gasteiger charge is -2.13. The lowest BCUT2D eigenvalue weighted by atomic mass is 9.94. The Bertz CT molecular complexity index is 328. The number of rotatable bonds is 2. The summed E-state index contributed by atoms with van der Waals surface area (Å²) in [7, 11) is 0. The second-order valence-electron chi connectivity index (χ2n) is 3.99. The average Bonchev–Trinajstić information content (AvgIpc) is 2.52. The monoisotopic (exact) mass is 193 g/mol. The van der Waals surface area contributed by atoms with Crippen LogP contribution in [0.1, 0.15) is 43.5 Å². The van der Waals surface area contributed by atoms with E-state index in [0.717, 1.165) is 0 Å². The van der Waals surface area contributed by atoms with Crippen molar-refractivity contribution in [3.63, 3.8) is 0 Å². The SMILES string of the molecule is C#CC(C)(C)c1cnc(C(C)C)s1. The molecule has 1 heterocycles. The first-order valence-electron chi connectivity index (χ1n) is 4.41. The van der Waals surface area contributed by atoms with Gasteiger partial charge in [-0.05, 0) is 13.8 Å². The van der Waals surface area contributed by atoms with E-state index in [-0.39, 0.29) is 5.41 Å². The third kappa shape index (κ3) is 2.10. The van der Waals surface area contributed by atoms with Gasteiger partial charge in [-0.25, -0.2) is 4.98 Å². The molecule has 0 saturated heterocycles. The molecule has 13 heavy (non-hydrogen) atoms. The highest BCUT2D eigenvalue weighted by molar-refractivity contribution is 7.11. The van der Waals surface area contributed by atoms with Gasteiger partial charge in [0.15, 0.2) is 0 Å². The quantitative estimate of drug-likeness (QED) is 0.657. The van der Waals surface area contributed by atoms with Gasteiger partial charge in [-0.15, -0.1) is 17.8 Å². The zero-order chi connectivity index (χ0) is 10.1. The van der Waals surface area contributed by atoms with Crippen LogP contribution in [0.15, 0.2) is 6.20 Å². The lowest BCUT2D eigenvalue weighted by molar-refractivity contribution is 0.714. The standard InChI is InChI=1S/C11H15NS/c1-6-11(4,5)9-7-12-10(13-9)8(2)3/h1,7-8H,2-5H3. The van der Waals surface area contributed by atoms with Crippen molar-refractivity contribution in [2.24, 2.45) is 0 Å². The van der Waals surface area contributed by atoms with Gasteiger partial charge in [-0.2, -0.15) is 0 Å². The first kappa shape index (κ1) is 10.3. The molecule has 0 unspecified atom stereocenters. The molecule has 1 aromatic heterocycles. The highest BCUT2D eigenvalue weighted by Gasteiger charge is 2.20. The summed E-state index contributed by atoms with van der Waals surface area (Å²) in [6.07, 6.45) is 7.36. The summed E-state index contributed by atoms with van der Waals surface area (Å²) >= 11 is 1.72. The minimum atomic E-state index is -0.176. The van der Waals surface area contributed by atoms with Gasteiger partial charge in [-0.1, -0.05) is 19.8 Å². The Morgan fingerprint density at radius 3 is 2.54 bits per heavy atom. The third-order valence-corrected chi connectivity index (χ3v) is 3.62. The van der Waals surface area contributed by atoms with Gasteiger partial charge < -0.3 is 0 Å². The summed E-state index contributed by atoms with van der Waals surface area (Å²) in [4.78, 5) is 5.53. The van der Waals surface area contributed by atoms with Gasteiger partial charge in [0, 0.05) is 17.0 Å². The van der Waals surface area contributed by atoms with Crippen LogP contribution in [0, 0.1) is 12.3 Å². The van der Waals surface area contributed by atoms with Gasteiger partial charge >= 0.3 is 0 Å². The summed E-state index contributed by atoms with van der Waals surface area (Å²) in [5.41, 5.74) is -0.176. The molecule has 0 bridgehead atoms. The van der Waals surface area contributed by atoms with Crippen molar-refractivity contribution in [3.8, 4) is 12.3 Å². The maximum atomic E-state index is 5.45. The fourth-order valence-corrected chi connectivity index (χ4v) is 1.90. The van der Waals surface area contributed by atoms with Crippen molar-refractivity contribution in [1.29, 1.82) is 0 Å². The van der Waals surface area contributed by atoms with Crippen molar-refractivity contribution < 1.29 is 0 Å². The molecule has 1 rings (SSSR count). The highest BCUT2D eigenvalue weighted by atomic mass is 32.1. The van der Waals surface area contributed by atoms with Crippen LogP contribution in [-0.2, 0) is 5.41 Å². The molecule has 0 aliphatic heterocycles. The molecular formula is C11H15NS. The normalized spacial score (nSPS) is 11.7. The van der Waals surface area contributed by atoms with Crippen molar-refractivity contribution in [2.45, 2.75) is 39.0 Å². The highest BCUT2D eigenvalue weighted by Crippen LogP contribution is 2.30. The third-order valence-electron chi connectivity index (χ3n) is 1.99. The smallest absolute Gasteiger partial charge is 0.0953 e. The van der Waals surface area contributed by atoms with E-state index in [1.165, 1.54) is 9.88 Å². The zero-order valence-corrected chi connectivity index (χ0v) is 9.40. The summed E-state index contributed by atoms with van der Waals surface area (Å²) in [6.45, 7) is 8.38. The fourth-order valence-electron chi connectivity index (χ4n) is 0.915. The van der Waals surface area contributed by atoms with Gasteiger partial charge in [0.25, 0.3) is 0 Å². The molecule has 2 heteroatoms. The largest absolute Gasteiger partial charge is 0.249 e. The first-order chi connectivity index (χ1) is 5.97. The average molecular weight is 193 g/mol. The molecule has 0 radical (unpaired) electrons. The topological polar surface area (TPSA) is 12.9 Å². The van der Waals surface area contributed by atoms with E-state index in [2.05, 4.69) is 24.8 Å². The van der Waals surface area contributed by atoms with E-state index >= 15 is 0 Å². The molecule has 0 fully saturated rings. The van der Waals surface area contributed by atoms with Crippen molar-refractivity contribution in [1.82, 2.24) is 4.98 Å². The number of nitrogens with zero attached hydrogens (tertiary/aromatic N) is 1.